The first-order valence-corrected chi connectivity index (χ1v) is 22.6. The van der Waals surface area contributed by atoms with E-state index in [9.17, 15) is 0 Å². The summed E-state index contributed by atoms with van der Waals surface area (Å²) in [7, 11) is 11.0. The fraction of sp³-hybridized carbons (Fsp3) is 0.105. The number of rotatable bonds is 2. The molecule has 0 aliphatic rings. The van der Waals surface area contributed by atoms with Gasteiger partial charge in [-0.15, -0.1) is 69.1 Å². The van der Waals surface area contributed by atoms with E-state index >= 15 is 0 Å². The Morgan fingerprint density at radius 3 is 1.36 bits per heavy atom. The van der Waals surface area contributed by atoms with Gasteiger partial charge in [0, 0.05) is 31.1 Å². The maximum absolute atomic E-state index is 5.82. The molecule has 2 nitrogen and oxygen atoms in total. The van der Waals surface area contributed by atoms with E-state index in [2.05, 4.69) is 124 Å². The van der Waals surface area contributed by atoms with Gasteiger partial charge in [0.15, 0.2) is 0 Å². The molecular formula is C38H32Cl2O2SiZr. The first-order valence-electron chi connectivity index (χ1n) is 14.3. The number of hydrogen-bond donors (Lipinski definition) is 0. The normalized spacial score (nSPS) is 10.5. The van der Waals surface area contributed by atoms with E-state index in [1.807, 2.05) is 24.7 Å². The molecule has 8 rings (SSSR count). The number of furan rings is 2. The van der Waals surface area contributed by atoms with Crippen molar-refractivity contribution >= 4 is 69.6 Å². The van der Waals surface area contributed by atoms with Crippen LogP contribution in [0.2, 0.25) is 13.1 Å². The molecule has 0 unspecified atom stereocenters. The SMILES string of the molecule is C[Si]C.Cc1cc2c(-c3occ4ccccc34)cccc2[cH-]1.Cc1cc2c(-c3occ4ccccc34)cccc2[cH-]1.[Cl][Zr+2][Cl]. The van der Waals surface area contributed by atoms with E-state index in [0.717, 1.165) is 31.8 Å². The molecule has 0 atom stereocenters. The van der Waals surface area contributed by atoms with Crippen LogP contribution in [0.25, 0.3) is 65.7 Å². The van der Waals surface area contributed by atoms with Crippen LogP contribution in [-0.4, -0.2) is 9.52 Å². The molecule has 44 heavy (non-hydrogen) atoms. The molecule has 6 heteroatoms. The number of fused-ring (bicyclic) bond motifs is 4. The summed E-state index contributed by atoms with van der Waals surface area (Å²) < 4.78 is 11.6. The molecule has 0 bridgehead atoms. The second kappa shape index (κ2) is 15.2. The second-order valence-corrected chi connectivity index (χ2v) is 15.3. The Hall–Kier alpha value is -3.14. The molecule has 2 radical (unpaired) electrons. The fourth-order valence-electron chi connectivity index (χ4n) is 5.57. The van der Waals surface area contributed by atoms with Crippen LogP contribution in [0.5, 0.6) is 0 Å². The van der Waals surface area contributed by atoms with Crippen molar-refractivity contribution in [2.75, 3.05) is 0 Å². The van der Waals surface area contributed by atoms with E-state index in [1.54, 1.807) is 0 Å². The third kappa shape index (κ3) is 7.05. The average Bonchev–Trinajstić information content (AvgIpc) is 3.81. The zero-order chi connectivity index (χ0) is 31.1. The van der Waals surface area contributed by atoms with Gasteiger partial charge in [0.2, 0.25) is 0 Å². The monoisotopic (exact) mass is 708 g/mol. The molecule has 0 spiro atoms. The summed E-state index contributed by atoms with van der Waals surface area (Å²) in [5.74, 6) is 1.93. The predicted octanol–water partition coefficient (Wildman–Crippen LogP) is 12.7. The average molecular weight is 711 g/mol. The van der Waals surface area contributed by atoms with E-state index in [1.165, 1.54) is 54.6 Å². The Labute approximate surface area is 279 Å². The molecule has 0 amide bonds. The van der Waals surface area contributed by atoms with Crippen molar-refractivity contribution in [3.8, 4) is 22.6 Å². The molecule has 2 aromatic heterocycles. The van der Waals surface area contributed by atoms with Gasteiger partial charge in [-0.3, -0.25) is 0 Å². The summed E-state index contributed by atoms with van der Waals surface area (Å²) in [6.45, 7) is 8.56. The van der Waals surface area contributed by atoms with Gasteiger partial charge in [0.05, 0.1) is 12.5 Å². The van der Waals surface area contributed by atoms with Crippen molar-refractivity contribution in [2.45, 2.75) is 26.9 Å². The van der Waals surface area contributed by atoms with Crippen LogP contribution < -0.4 is 0 Å². The molecule has 0 saturated heterocycles. The molecule has 0 saturated carbocycles. The van der Waals surface area contributed by atoms with Gasteiger partial charge in [-0.2, -0.15) is 12.1 Å². The van der Waals surface area contributed by atoms with Gasteiger partial charge in [-0.25, -0.2) is 0 Å². The number of halogens is 2. The molecule has 218 valence electrons. The van der Waals surface area contributed by atoms with Gasteiger partial charge in [-0.1, -0.05) is 87.6 Å². The molecule has 0 fully saturated rings. The van der Waals surface area contributed by atoms with Gasteiger partial charge in [-0.05, 0) is 11.1 Å². The van der Waals surface area contributed by atoms with E-state index in [4.69, 9.17) is 25.9 Å². The van der Waals surface area contributed by atoms with Gasteiger partial charge in [0.25, 0.3) is 0 Å². The quantitative estimate of drug-likeness (QED) is 0.132. The summed E-state index contributed by atoms with van der Waals surface area (Å²) in [6, 6.07) is 38.2. The Bertz CT molecular complexity index is 1960. The van der Waals surface area contributed by atoms with Crippen molar-refractivity contribution < 1.29 is 29.7 Å². The zero-order valence-corrected chi connectivity index (χ0v) is 30.1. The van der Waals surface area contributed by atoms with Crippen LogP contribution in [0.1, 0.15) is 11.1 Å². The van der Waals surface area contributed by atoms with Crippen molar-refractivity contribution in [2.24, 2.45) is 0 Å². The van der Waals surface area contributed by atoms with Gasteiger partial charge < -0.3 is 8.83 Å². The van der Waals surface area contributed by atoms with Crippen LogP contribution >= 0.6 is 17.0 Å². The third-order valence-corrected chi connectivity index (χ3v) is 7.30. The molecule has 0 aliphatic heterocycles. The molecular weight excluding hydrogens is 679 g/mol. The summed E-state index contributed by atoms with van der Waals surface area (Å²) >= 11 is -0.826. The first-order chi connectivity index (χ1) is 21.5. The van der Waals surface area contributed by atoms with Gasteiger partial charge >= 0.3 is 37.9 Å². The van der Waals surface area contributed by atoms with Crippen LogP contribution in [-0.2, 0) is 20.8 Å². The minimum absolute atomic E-state index is 0.826. The van der Waals surface area contributed by atoms with Crippen LogP contribution in [0.4, 0.5) is 0 Å². The van der Waals surface area contributed by atoms with Crippen molar-refractivity contribution in [3.63, 3.8) is 0 Å². The standard InChI is InChI=1S/2C18H13O.C2H6Si.2ClH.Zr/c2*1-12-9-13-6-4-8-16(17(13)10-12)18-15-7-3-2-5-14(15)11-19-18;1-3-2;;;/h2*2-11H,1H3;1-2H3;2*1H;/q2*-1;;;;+4/p-2. The Balaban J connectivity index is 0.000000149. The summed E-state index contributed by atoms with van der Waals surface area (Å²) in [5.41, 5.74) is 4.93. The third-order valence-electron chi connectivity index (χ3n) is 7.30. The molecule has 0 N–H and O–H groups in total. The van der Waals surface area contributed by atoms with E-state index < -0.39 is 20.8 Å². The zero-order valence-electron chi connectivity index (χ0n) is 25.1. The van der Waals surface area contributed by atoms with Crippen LogP contribution in [0.3, 0.4) is 0 Å². The topological polar surface area (TPSA) is 26.3 Å². The number of aryl methyl sites for hydroxylation is 2. The van der Waals surface area contributed by atoms with E-state index in [0.29, 0.717) is 0 Å². The van der Waals surface area contributed by atoms with Crippen molar-refractivity contribution in [1.82, 2.24) is 0 Å². The number of benzene rings is 4. The molecule has 8 aromatic rings. The Kier molecular flexibility index (Phi) is 11.2. The summed E-state index contributed by atoms with van der Waals surface area (Å²) in [5, 5.41) is 9.73. The van der Waals surface area contributed by atoms with Crippen LogP contribution in [0.15, 0.2) is 131 Å². The minimum atomic E-state index is -0.826. The number of hydrogen-bond acceptors (Lipinski definition) is 2. The second-order valence-electron chi connectivity index (χ2n) is 10.6. The maximum atomic E-state index is 5.82. The first kappa shape index (κ1) is 32.3. The Morgan fingerprint density at radius 2 is 0.955 bits per heavy atom. The molecule has 0 aliphatic carbocycles. The fourth-order valence-corrected chi connectivity index (χ4v) is 5.57. The predicted molar refractivity (Wildman–Crippen MR) is 188 cm³/mol. The Morgan fingerprint density at radius 1 is 0.568 bits per heavy atom. The van der Waals surface area contributed by atoms with Gasteiger partial charge in [0.1, 0.15) is 11.5 Å². The van der Waals surface area contributed by atoms with E-state index in [-0.39, 0.29) is 0 Å². The molecule has 6 aromatic carbocycles. The van der Waals surface area contributed by atoms with Crippen molar-refractivity contribution in [1.29, 1.82) is 0 Å². The molecule has 2 heterocycles. The summed E-state index contributed by atoms with van der Waals surface area (Å²) in [6.07, 6.45) is 3.67. The van der Waals surface area contributed by atoms with Crippen molar-refractivity contribution in [3.05, 3.63) is 133 Å². The van der Waals surface area contributed by atoms with Crippen LogP contribution in [0, 0.1) is 13.8 Å². The summed E-state index contributed by atoms with van der Waals surface area (Å²) in [4.78, 5) is 0.